The van der Waals surface area contributed by atoms with Crippen molar-refractivity contribution in [1.29, 1.82) is 0 Å². The van der Waals surface area contributed by atoms with Crippen molar-refractivity contribution in [2.75, 3.05) is 11.9 Å². The second-order valence-electron chi connectivity index (χ2n) is 6.89. The molecule has 1 amide bonds. The number of hydrogen-bond acceptors (Lipinski definition) is 7. The van der Waals surface area contributed by atoms with Gasteiger partial charge in [-0.05, 0) is 24.3 Å². The molecule has 2 aromatic carbocycles. The van der Waals surface area contributed by atoms with Gasteiger partial charge < -0.3 is 5.32 Å². The molecule has 0 unspecified atom stereocenters. The number of carbonyl (C=O) groups is 1. The number of benzene rings is 2. The molecule has 0 fully saturated rings. The van der Waals surface area contributed by atoms with E-state index in [9.17, 15) is 32.9 Å². The molecule has 32 heavy (non-hydrogen) atoms. The molecule has 3 aromatic rings. The lowest BCUT2D eigenvalue weighted by molar-refractivity contribution is -0.384. The number of carbonyl (C=O) groups excluding carboxylic acids is 1. The van der Waals surface area contributed by atoms with Gasteiger partial charge in [0, 0.05) is 44.9 Å². The van der Waals surface area contributed by atoms with Crippen LogP contribution in [0.25, 0.3) is 10.9 Å². The lowest BCUT2D eigenvalue weighted by Gasteiger charge is -2.10. The molecule has 1 heterocycles. The Balaban J connectivity index is 1.71. The van der Waals surface area contributed by atoms with Crippen LogP contribution in [0, 0.1) is 10.1 Å². The highest BCUT2D eigenvalue weighted by Gasteiger charge is 2.18. The molecule has 3 rings (SSSR count). The Morgan fingerprint density at radius 2 is 1.81 bits per heavy atom. The molecule has 13 heteroatoms. The number of amides is 1. The van der Waals surface area contributed by atoms with E-state index >= 15 is 0 Å². The number of non-ortho nitro benzene ring substituents is 1. The third-order valence-electron chi connectivity index (χ3n) is 4.73. The largest absolute Gasteiger partial charge is 0.330 e. The summed E-state index contributed by atoms with van der Waals surface area (Å²) in [6.07, 6.45) is -0.230. The first-order valence-corrected chi connectivity index (χ1v) is 10.7. The molecule has 0 saturated heterocycles. The standard InChI is InChI=1S/C19H19N5O7S/c1-22-16-7-6-14(11-15(16)18(26)23(2)19(22)27)32(30,31)20-9-8-17(25)21-12-4-3-5-13(10-12)24(28)29/h3-7,10-11,20H,8-9H2,1-2H3,(H,21,25). The summed E-state index contributed by atoms with van der Waals surface area (Å²) in [5.74, 6) is -0.546. The predicted molar refractivity (Wildman–Crippen MR) is 116 cm³/mol. The Labute approximate surface area is 181 Å². The molecule has 0 aliphatic heterocycles. The van der Waals surface area contributed by atoms with Crippen molar-refractivity contribution in [1.82, 2.24) is 13.9 Å². The van der Waals surface area contributed by atoms with E-state index in [4.69, 9.17) is 0 Å². The van der Waals surface area contributed by atoms with Crippen LogP contribution in [0.1, 0.15) is 6.42 Å². The fourth-order valence-electron chi connectivity index (χ4n) is 3.04. The summed E-state index contributed by atoms with van der Waals surface area (Å²) in [6.45, 7) is -0.244. The zero-order valence-electron chi connectivity index (χ0n) is 17.1. The topological polar surface area (TPSA) is 162 Å². The first kappa shape index (κ1) is 22.8. The SMILES string of the molecule is Cn1c(=O)c2cc(S(=O)(=O)NCCC(=O)Nc3cccc([N+](=O)[O-])c3)ccc2n(C)c1=O. The van der Waals surface area contributed by atoms with Gasteiger partial charge in [-0.3, -0.25) is 28.8 Å². The first-order chi connectivity index (χ1) is 15.0. The van der Waals surface area contributed by atoms with Gasteiger partial charge in [-0.1, -0.05) is 6.07 Å². The average molecular weight is 461 g/mol. The number of sulfonamides is 1. The van der Waals surface area contributed by atoms with Crippen LogP contribution in [0.3, 0.4) is 0 Å². The Bertz CT molecular complexity index is 1460. The van der Waals surface area contributed by atoms with Crippen LogP contribution >= 0.6 is 0 Å². The number of hydrogen-bond donors (Lipinski definition) is 2. The summed E-state index contributed by atoms with van der Waals surface area (Å²) >= 11 is 0. The molecule has 168 valence electrons. The van der Waals surface area contributed by atoms with E-state index in [0.29, 0.717) is 0 Å². The van der Waals surface area contributed by atoms with E-state index < -0.39 is 32.1 Å². The molecule has 0 aliphatic rings. The minimum atomic E-state index is -4.05. The zero-order chi connectivity index (χ0) is 23.6. The van der Waals surface area contributed by atoms with Crippen LogP contribution in [0.2, 0.25) is 0 Å². The molecule has 1 aromatic heterocycles. The first-order valence-electron chi connectivity index (χ1n) is 9.25. The number of aromatic nitrogens is 2. The van der Waals surface area contributed by atoms with Gasteiger partial charge in [0.2, 0.25) is 15.9 Å². The van der Waals surface area contributed by atoms with Gasteiger partial charge in [-0.25, -0.2) is 17.9 Å². The van der Waals surface area contributed by atoms with Crippen LogP contribution in [-0.4, -0.2) is 34.9 Å². The average Bonchev–Trinajstić information content (AvgIpc) is 2.75. The summed E-state index contributed by atoms with van der Waals surface area (Å²) in [5, 5.41) is 13.3. The van der Waals surface area contributed by atoms with Crippen LogP contribution in [-0.2, 0) is 28.9 Å². The van der Waals surface area contributed by atoms with E-state index in [0.717, 1.165) is 4.57 Å². The normalized spacial score (nSPS) is 11.4. The molecule has 12 nitrogen and oxygen atoms in total. The summed E-state index contributed by atoms with van der Waals surface area (Å²) in [6, 6.07) is 9.13. The lowest BCUT2D eigenvalue weighted by Crippen LogP contribution is -2.37. The number of aryl methyl sites for hydroxylation is 1. The van der Waals surface area contributed by atoms with Gasteiger partial charge >= 0.3 is 5.69 Å². The van der Waals surface area contributed by atoms with E-state index in [1.807, 2.05) is 0 Å². The van der Waals surface area contributed by atoms with Crippen molar-refractivity contribution in [3.63, 3.8) is 0 Å². The van der Waals surface area contributed by atoms with Gasteiger partial charge in [0.15, 0.2) is 0 Å². The lowest BCUT2D eigenvalue weighted by atomic mass is 10.2. The van der Waals surface area contributed by atoms with E-state index in [1.54, 1.807) is 0 Å². The Kier molecular flexibility index (Phi) is 6.23. The van der Waals surface area contributed by atoms with Gasteiger partial charge in [0.05, 0.1) is 20.7 Å². The second kappa shape index (κ2) is 8.72. The highest BCUT2D eigenvalue weighted by molar-refractivity contribution is 7.89. The fourth-order valence-corrected chi connectivity index (χ4v) is 4.10. The van der Waals surface area contributed by atoms with Crippen LogP contribution < -0.4 is 21.3 Å². The maximum atomic E-state index is 12.6. The van der Waals surface area contributed by atoms with Gasteiger partial charge in [-0.2, -0.15) is 0 Å². The van der Waals surface area contributed by atoms with Crippen LogP contribution in [0.5, 0.6) is 0 Å². The number of nitro benzene ring substituents is 1. The Hall–Kier alpha value is -3.84. The molecular weight excluding hydrogens is 442 g/mol. The monoisotopic (exact) mass is 461 g/mol. The summed E-state index contributed by atoms with van der Waals surface area (Å²) in [4.78, 5) is 46.4. The van der Waals surface area contributed by atoms with E-state index in [2.05, 4.69) is 10.0 Å². The molecule has 0 bridgehead atoms. The van der Waals surface area contributed by atoms with Gasteiger partial charge in [0.1, 0.15) is 0 Å². The number of nitro groups is 1. The minimum Gasteiger partial charge on any atom is -0.326 e. The minimum absolute atomic E-state index is 0.0564. The van der Waals surface area contributed by atoms with Crippen molar-refractivity contribution in [2.24, 2.45) is 14.1 Å². The molecule has 0 saturated carbocycles. The number of anilines is 1. The van der Waals surface area contributed by atoms with Crippen LogP contribution in [0.4, 0.5) is 11.4 Å². The predicted octanol–water partition coefficient (Wildman–Crippen LogP) is 0.452. The molecular formula is C19H19N5O7S. The third-order valence-corrected chi connectivity index (χ3v) is 6.19. The fraction of sp³-hybridized carbons (Fsp3) is 0.211. The molecule has 0 spiro atoms. The Morgan fingerprint density at radius 3 is 2.50 bits per heavy atom. The summed E-state index contributed by atoms with van der Waals surface area (Å²) < 4.78 is 29.6. The van der Waals surface area contributed by atoms with E-state index in [-0.39, 0.29) is 40.1 Å². The van der Waals surface area contributed by atoms with Crippen LogP contribution in [0.15, 0.2) is 56.9 Å². The highest BCUT2D eigenvalue weighted by Crippen LogP contribution is 2.17. The van der Waals surface area contributed by atoms with E-state index in [1.165, 1.54) is 61.1 Å². The molecule has 2 N–H and O–H groups in total. The number of rotatable bonds is 7. The highest BCUT2D eigenvalue weighted by atomic mass is 32.2. The molecule has 0 aliphatic carbocycles. The van der Waals surface area contributed by atoms with Crippen molar-refractivity contribution < 1.29 is 18.1 Å². The van der Waals surface area contributed by atoms with Crippen molar-refractivity contribution in [3.8, 4) is 0 Å². The summed E-state index contributed by atoms with van der Waals surface area (Å²) in [7, 11) is -1.28. The number of nitrogens with one attached hydrogen (secondary N) is 2. The number of fused-ring (bicyclic) bond motifs is 1. The molecule has 0 atom stereocenters. The Morgan fingerprint density at radius 1 is 1.09 bits per heavy atom. The van der Waals surface area contributed by atoms with Gasteiger partial charge in [0.25, 0.3) is 11.2 Å². The second-order valence-corrected chi connectivity index (χ2v) is 8.66. The number of nitrogens with zero attached hydrogens (tertiary/aromatic N) is 3. The quantitative estimate of drug-likeness (QED) is 0.381. The van der Waals surface area contributed by atoms with Crippen molar-refractivity contribution in [3.05, 3.63) is 73.4 Å². The maximum absolute atomic E-state index is 12.6. The smallest absolute Gasteiger partial charge is 0.326 e. The summed E-state index contributed by atoms with van der Waals surface area (Å²) in [5.41, 5.74) is -0.859. The molecule has 0 radical (unpaired) electrons. The third kappa shape index (κ3) is 4.58. The van der Waals surface area contributed by atoms with Gasteiger partial charge in [-0.15, -0.1) is 0 Å². The van der Waals surface area contributed by atoms with Crippen molar-refractivity contribution >= 4 is 38.2 Å². The zero-order valence-corrected chi connectivity index (χ0v) is 17.9. The maximum Gasteiger partial charge on any atom is 0.330 e. The van der Waals surface area contributed by atoms with Crippen molar-refractivity contribution in [2.45, 2.75) is 11.3 Å².